The lowest BCUT2D eigenvalue weighted by molar-refractivity contribution is -0.128. The molecule has 0 saturated heterocycles. The van der Waals surface area contributed by atoms with E-state index in [2.05, 4.69) is 0 Å². The van der Waals surface area contributed by atoms with E-state index in [0.717, 1.165) is 12.8 Å². The molecule has 1 aromatic rings. The zero-order chi connectivity index (χ0) is 12.4. The van der Waals surface area contributed by atoms with Crippen LogP contribution in [0.4, 0.5) is 0 Å². The molecule has 2 unspecified atom stereocenters. The van der Waals surface area contributed by atoms with Crippen molar-refractivity contribution in [1.82, 2.24) is 0 Å². The fourth-order valence-corrected chi connectivity index (χ4v) is 2.96. The molecule has 1 N–H and O–H groups in total. The molecule has 0 heterocycles. The molecule has 2 nitrogen and oxygen atoms in total. The van der Waals surface area contributed by atoms with Gasteiger partial charge >= 0.3 is 0 Å². The van der Waals surface area contributed by atoms with Crippen molar-refractivity contribution in [1.29, 1.82) is 0 Å². The van der Waals surface area contributed by atoms with E-state index in [1.165, 1.54) is 0 Å². The molecule has 1 fully saturated rings. The van der Waals surface area contributed by atoms with Crippen LogP contribution in [0.3, 0.4) is 0 Å². The molecule has 1 aliphatic rings. The summed E-state index contributed by atoms with van der Waals surface area (Å²) in [5, 5.41) is 11.1. The maximum Gasteiger partial charge on any atom is 0.138 e. The van der Waals surface area contributed by atoms with Gasteiger partial charge in [0.2, 0.25) is 0 Å². The van der Waals surface area contributed by atoms with Crippen LogP contribution in [-0.2, 0) is 4.79 Å². The van der Waals surface area contributed by atoms with Gasteiger partial charge in [-0.15, -0.1) is 0 Å². The van der Waals surface area contributed by atoms with Gasteiger partial charge in [-0.3, -0.25) is 4.79 Å². The predicted octanol–water partition coefficient (Wildman–Crippen LogP) is 3.79. The number of ketones is 1. The SMILES string of the molecule is O=C1CCCCC1C(O)c1c(Cl)cccc1Cl. The first-order chi connectivity index (χ1) is 8.11. The first-order valence-corrected chi connectivity index (χ1v) is 6.51. The molecule has 0 aliphatic heterocycles. The minimum absolute atomic E-state index is 0.111. The number of aliphatic hydroxyl groups excluding tert-OH is 1. The number of carbonyl (C=O) groups excluding carboxylic acids is 1. The van der Waals surface area contributed by atoms with Gasteiger partial charge in [-0.2, -0.15) is 0 Å². The van der Waals surface area contributed by atoms with Crippen LogP contribution >= 0.6 is 23.2 Å². The van der Waals surface area contributed by atoms with Gasteiger partial charge in [-0.05, 0) is 25.0 Å². The summed E-state index contributed by atoms with van der Waals surface area (Å²) in [5.41, 5.74) is 0.482. The number of rotatable bonds is 2. The smallest absolute Gasteiger partial charge is 0.138 e. The highest BCUT2D eigenvalue weighted by atomic mass is 35.5. The first-order valence-electron chi connectivity index (χ1n) is 5.76. The molecule has 0 amide bonds. The fraction of sp³-hybridized carbons (Fsp3) is 0.462. The van der Waals surface area contributed by atoms with E-state index in [4.69, 9.17) is 23.2 Å². The Bertz CT molecular complexity index is 411. The molecule has 0 bridgehead atoms. The Kier molecular flexibility index (Phi) is 4.08. The number of halogens is 2. The van der Waals surface area contributed by atoms with Crippen LogP contribution in [-0.4, -0.2) is 10.9 Å². The van der Waals surface area contributed by atoms with Gasteiger partial charge in [0, 0.05) is 27.9 Å². The summed E-state index contributed by atoms with van der Waals surface area (Å²) < 4.78 is 0. The molecule has 0 spiro atoms. The van der Waals surface area contributed by atoms with Gasteiger partial charge in [0.1, 0.15) is 5.78 Å². The Hall–Kier alpha value is -0.570. The van der Waals surface area contributed by atoms with Crippen LogP contribution < -0.4 is 0 Å². The highest BCUT2D eigenvalue weighted by Crippen LogP contribution is 2.38. The van der Waals surface area contributed by atoms with Crippen LogP contribution in [0.5, 0.6) is 0 Å². The van der Waals surface area contributed by atoms with E-state index in [-0.39, 0.29) is 11.7 Å². The minimum Gasteiger partial charge on any atom is -0.388 e. The number of Topliss-reactive ketones (excluding diaryl/α,β-unsaturated/α-hetero) is 1. The maximum atomic E-state index is 11.8. The van der Waals surface area contributed by atoms with Crippen LogP contribution in [0.15, 0.2) is 18.2 Å². The standard InChI is InChI=1S/C13H14Cl2O2/c14-9-5-3-6-10(15)12(9)13(17)8-4-1-2-7-11(8)16/h3,5-6,8,13,17H,1-2,4,7H2. The molecular formula is C13H14Cl2O2. The van der Waals surface area contributed by atoms with Crippen LogP contribution in [0.2, 0.25) is 10.0 Å². The molecule has 2 atom stereocenters. The van der Waals surface area contributed by atoms with Crippen molar-refractivity contribution in [2.24, 2.45) is 5.92 Å². The summed E-state index contributed by atoms with van der Waals surface area (Å²) in [6.45, 7) is 0. The van der Waals surface area contributed by atoms with Crippen molar-refractivity contribution in [3.8, 4) is 0 Å². The highest BCUT2D eigenvalue weighted by Gasteiger charge is 2.32. The number of benzene rings is 1. The van der Waals surface area contributed by atoms with Gasteiger partial charge in [-0.1, -0.05) is 35.7 Å². The first kappa shape index (κ1) is 12.9. The van der Waals surface area contributed by atoms with Crippen LogP contribution in [0, 0.1) is 5.92 Å². The molecule has 1 aromatic carbocycles. The summed E-state index contributed by atoms with van der Waals surface area (Å²) in [4.78, 5) is 11.8. The normalized spacial score (nSPS) is 22.5. The molecule has 2 rings (SSSR count). The summed E-state index contributed by atoms with van der Waals surface area (Å²) in [5.74, 6) is -0.249. The summed E-state index contributed by atoms with van der Waals surface area (Å²) >= 11 is 12.1. The lowest BCUT2D eigenvalue weighted by Crippen LogP contribution is -2.25. The Balaban J connectivity index is 2.29. The number of carbonyl (C=O) groups is 1. The number of hydrogen-bond donors (Lipinski definition) is 1. The zero-order valence-electron chi connectivity index (χ0n) is 9.33. The minimum atomic E-state index is -0.885. The van der Waals surface area contributed by atoms with Crippen molar-refractivity contribution >= 4 is 29.0 Å². The summed E-state index contributed by atoms with van der Waals surface area (Å²) in [7, 11) is 0. The largest absolute Gasteiger partial charge is 0.388 e. The molecule has 0 radical (unpaired) electrons. The average Bonchev–Trinajstić information content (AvgIpc) is 2.29. The number of hydrogen-bond acceptors (Lipinski definition) is 2. The second kappa shape index (κ2) is 5.38. The van der Waals surface area contributed by atoms with Gasteiger partial charge in [0.25, 0.3) is 0 Å². The molecule has 4 heteroatoms. The number of aliphatic hydroxyl groups is 1. The van der Waals surface area contributed by atoms with Crippen molar-refractivity contribution in [2.45, 2.75) is 31.8 Å². The topological polar surface area (TPSA) is 37.3 Å². The van der Waals surface area contributed by atoms with Crippen molar-refractivity contribution in [3.05, 3.63) is 33.8 Å². The third-order valence-electron chi connectivity index (χ3n) is 3.28. The van der Waals surface area contributed by atoms with E-state index in [1.807, 2.05) is 0 Å². The lowest BCUT2D eigenvalue weighted by Gasteiger charge is -2.26. The van der Waals surface area contributed by atoms with Gasteiger partial charge in [-0.25, -0.2) is 0 Å². The maximum absolute atomic E-state index is 11.8. The fourth-order valence-electron chi connectivity index (χ4n) is 2.34. The van der Waals surface area contributed by atoms with Crippen molar-refractivity contribution in [3.63, 3.8) is 0 Å². The molecular weight excluding hydrogens is 259 g/mol. The molecule has 1 saturated carbocycles. The summed E-state index contributed by atoms with van der Waals surface area (Å²) in [6, 6.07) is 5.09. The average molecular weight is 273 g/mol. The second-order valence-electron chi connectivity index (χ2n) is 4.40. The van der Waals surface area contributed by atoms with E-state index >= 15 is 0 Å². The van der Waals surface area contributed by atoms with Crippen molar-refractivity contribution in [2.75, 3.05) is 0 Å². The van der Waals surface area contributed by atoms with E-state index in [0.29, 0.717) is 28.5 Å². The second-order valence-corrected chi connectivity index (χ2v) is 5.21. The predicted molar refractivity (Wildman–Crippen MR) is 68.4 cm³/mol. The van der Waals surface area contributed by atoms with E-state index in [1.54, 1.807) is 18.2 Å². The molecule has 17 heavy (non-hydrogen) atoms. The van der Waals surface area contributed by atoms with E-state index in [9.17, 15) is 9.90 Å². The van der Waals surface area contributed by atoms with E-state index < -0.39 is 6.10 Å². The highest BCUT2D eigenvalue weighted by molar-refractivity contribution is 6.36. The quantitative estimate of drug-likeness (QED) is 0.890. The zero-order valence-corrected chi connectivity index (χ0v) is 10.8. The Morgan fingerprint density at radius 1 is 1.24 bits per heavy atom. The monoisotopic (exact) mass is 272 g/mol. The lowest BCUT2D eigenvalue weighted by atomic mass is 9.81. The Morgan fingerprint density at radius 3 is 2.47 bits per heavy atom. The van der Waals surface area contributed by atoms with Gasteiger partial charge in [0.15, 0.2) is 0 Å². The van der Waals surface area contributed by atoms with Crippen molar-refractivity contribution < 1.29 is 9.90 Å². The van der Waals surface area contributed by atoms with Crippen LogP contribution in [0.1, 0.15) is 37.4 Å². The van der Waals surface area contributed by atoms with Crippen LogP contribution in [0.25, 0.3) is 0 Å². The van der Waals surface area contributed by atoms with Gasteiger partial charge < -0.3 is 5.11 Å². The van der Waals surface area contributed by atoms with Gasteiger partial charge in [0.05, 0.1) is 6.10 Å². The molecule has 0 aromatic heterocycles. The Labute approximate surface area is 111 Å². The Morgan fingerprint density at radius 2 is 1.88 bits per heavy atom. The molecule has 1 aliphatic carbocycles. The third kappa shape index (κ3) is 2.65. The summed E-state index contributed by atoms with van der Waals surface area (Å²) in [6.07, 6.45) is 2.25. The third-order valence-corrected chi connectivity index (χ3v) is 3.94. The molecule has 92 valence electrons.